The van der Waals surface area contributed by atoms with Crippen molar-refractivity contribution < 1.29 is 4.52 Å². The van der Waals surface area contributed by atoms with Crippen molar-refractivity contribution in [3.63, 3.8) is 0 Å². The third-order valence-corrected chi connectivity index (χ3v) is 2.64. The SMILES string of the molecule is CCCC(CCC)c1onc(N)c1C. The Morgan fingerprint density at radius 1 is 1.29 bits per heavy atom. The van der Waals surface area contributed by atoms with Crippen molar-refractivity contribution in [2.24, 2.45) is 0 Å². The molecular weight excluding hydrogens is 176 g/mol. The van der Waals surface area contributed by atoms with Crippen LogP contribution in [0.25, 0.3) is 0 Å². The van der Waals surface area contributed by atoms with E-state index in [1.807, 2.05) is 6.92 Å². The Bertz CT molecular complexity index is 275. The molecule has 0 bridgehead atoms. The van der Waals surface area contributed by atoms with Gasteiger partial charge in [0.2, 0.25) is 0 Å². The summed E-state index contributed by atoms with van der Waals surface area (Å²) in [5.74, 6) is 2.03. The number of rotatable bonds is 5. The van der Waals surface area contributed by atoms with E-state index in [4.69, 9.17) is 10.3 Å². The zero-order valence-electron chi connectivity index (χ0n) is 9.34. The second-order valence-corrected chi connectivity index (χ2v) is 3.83. The maximum atomic E-state index is 5.67. The zero-order chi connectivity index (χ0) is 10.6. The number of nitrogen functional groups attached to an aromatic ring is 1. The first-order valence-electron chi connectivity index (χ1n) is 5.42. The first-order chi connectivity index (χ1) is 6.70. The van der Waals surface area contributed by atoms with Crippen LogP contribution in [-0.4, -0.2) is 5.16 Å². The summed E-state index contributed by atoms with van der Waals surface area (Å²) in [5.41, 5.74) is 6.69. The fourth-order valence-corrected chi connectivity index (χ4v) is 1.85. The minimum atomic E-state index is 0.495. The molecule has 0 saturated carbocycles. The van der Waals surface area contributed by atoms with Gasteiger partial charge in [-0.15, -0.1) is 0 Å². The van der Waals surface area contributed by atoms with Crippen molar-refractivity contribution in [1.29, 1.82) is 0 Å². The first kappa shape index (κ1) is 11.1. The van der Waals surface area contributed by atoms with Crippen molar-refractivity contribution in [3.05, 3.63) is 11.3 Å². The van der Waals surface area contributed by atoms with Crippen LogP contribution >= 0.6 is 0 Å². The van der Waals surface area contributed by atoms with Gasteiger partial charge >= 0.3 is 0 Å². The van der Waals surface area contributed by atoms with Gasteiger partial charge in [-0.3, -0.25) is 0 Å². The molecule has 0 spiro atoms. The second kappa shape index (κ2) is 5.03. The summed E-state index contributed by atoms with van der Waals surface area (Å²) >= 11 is 0. The van der Waals surface area contributed by atoms with Crippen LogP contribution in [0.5, 0.6) is 0 Å². The van der Waals surface area contributed by atoms with E-state index in [1.54, 1.807) is 0 Å². The third kappa shape index (κ3) is 2.28. The lowest BCUT2D eigenvalue weighted by Crippen LogP contribution is -1.99. The Hall–Kier alpha value is -0.990. The summed E-state index contributed by atoms with van der Waals surface area (Å²) in [4.78, 5) is 0. The van der Waals surface area contributed by atoms with Crippen LogP contribution in [-0.2, 0) is 0 Å². The fraction of sp³-hybridized carbons (Fsp3) is 0.727. The molecule has 0 atom stereocenters. The summed E-state index contributed by atoms with van der Waals surface area (Å²) < 4.78 is 5.29. The number of aromatic nitrogens is 1. The van der Waals surface area contributed by atoms with E-state index < -0.39 is 0 Å². The largest absolute Gasteiger partial charge is 0.381 e. The Labute approximate surface area is 85.7 Å². The molecule has 3 heteroatoms. The lowest BCUT2D eigenvalue weighted by atomic mass is 9.93. The number of hydrogen-bond acceptors (Lipinski definition) is 3. The van der Waals surface area contributed by atoms with Crippen LogP contribution in [0, 0.1) is 6.92 Å². The smallest absolute Gasteiger partial charge is 0.170 e. The lowest BCUT2D eigenvalue weighted by molar-refractivity contribution is 0.344. The topological polar surface area (TPSA) is 52.0 Å². The molecule has 2 N–H and O–H groups in total. The molecule has 0 aliphatic heterocycles. The highest BCUT2D eigenvalue weighted by molar-refractivity contribution is 5.40. The van der Waals surface area contributed by atoms with Crippen LogP contribution in [0.2, 0.25) is 0 Å². The third-order valence-electron chi connectivity index (χ3n) is 2.64. The Balaban J connectivity index is 2.81. The van der Waals surface area contributed by atoms with Gasteiger partial charge < -0.3 is 10.3 Å². The summed E-state index contributed by atoms with van der Waals surface area (Å²) in [7, 11) is 0. The highest BCUT2D eigenvalue weighted by atomic mass is 16.5. The summed E-state index contributed by atoms with van der Waals surface area (Å²) in [6.45, 7) is 6.37. The maximum absolute atomic E-state index is 5.67. The molecule has 0 aliphatic carbocycles. The van der Waals surface area contributed by atoms with Gasteiger partial charge in [-0.05, 0) is 19.8 Å². The molecule has 0 fully saturated rings. The van der Waals surface area contributed by atoms with Gasteiger partial charge in [0, 0.05) is 11.5 Å². The van der Waals surface area contributed by atoms with E-state index in [0.29, 0.717) is 11.7 Å². The van der Waals surface area contributed by atoms with Gasteiger partial charge in [-0.1, -0.05) is 31.8 Å². The van der Waals surface area contributed by atoms with E-state index in [-0.39, 0.29) is 0 Å². The van der Waals surface area contributed by atoms with Gasteiger partial charge in [0.15, 0.2) is 5.82 Å². The molecule has 1 aromatic heterocycles. The Morgan fingerprint density at radius 3 is 2.21 bits per heavy atom. The lowest BCUT2D eigenvalue weighted by Gasteiger charge is -2.11. The molecule has 1 heterocycles. The molecule has 0 unspecified atom stereocenters. The average molecular weight is 196 g/mol. The Morgan fingerprint density at radius 2 is 1.86 bits per heavy atom. The zero-order valence-corrected chi connectivity index (χ0v) is 9.34. The van der Waals surface area contributed by atoms with Gasteiger partial charge in [0.25, 0.3) is 0 Å². The quantitative estimate of drug-likeness (QED) is 0.786. The van der Waals surface area contributed by atoms with Gasteiger partial charge in [-0.25, -0.2) is 0 Å². The average Bonchev–Trinajstić information content (AvgIpc) is 2.48. The molecule has 3 nitrogen and oxygen atoms in total. The van der Waals surface area contributed by atoms with E-state index >= 15 is 0 Å². The summed E-state index contributed by atoms with van der Waals surface area (Å²) in [5, 5.41) is 3.80. The second-order valence-electron chi connectivity index (χ2n) is 3.83. The number of anilines is 1. The minimum Gasteiger partial charge on any atom is -0.381 e. The maximum Gasteiger partial charge on any atom is 0.170 e. The van der Waals surface area contributed by atoms with Crippen molar-refractivity contribution in [2.75, 3.05) is 5.73 Å². The standard InChI is InChI=1S/C11H20N2O/c1-4-6-9(7-5-2)10-8(3)11(12)13-14-10/h9H,4-7H2,1-3H3,(H2,12,13). The fourth-order valence-electron chi connectivity index (χ4n) is 1.85. The molecule has 0 amide bonds. The van der Waals surface area contributed by atoms with Crippen LogP contribution in [0.4, 0.5) is 5.82 Å². The minimum absolute atomic E-state index is 0.495. The Kier molecular flexibility index (Phi) is 3.98. The monoisotopic (exact) mass is 196 g/mol. The molecule has 14 heavy (non-hydrogen) atoms. The normalized spacial score (nSPS) is 11.1. The van der Waals surface area contributed by atoms with Crippen LogP contribution in [0.1, 0.15) is 56.8 Å². The molecule has 0 radical (unpaired) electrons. The number of nitrogens with zero attached hydrogens (tertiary/aromatic N) is 1. The molecule has 1 rings (SSSR count). The predicted molar refractivity (Wildman–Crippen MR) is 58.2 cm³/mol. The van der Waals surface area contributed by atoms with E-state index in [0.717, 1.165) is 24.2 Å². The summed E-state index contributed by atoms with van der Waals surface area (Å²) in [6.07, 6.45) is 4.65. The van der Waals surface area contributed by atoms with Crippen molar-refractivity contribution in [2.45, 2.75) is 52.4 Å². The van der Waals surface area contributed by atoms with Crippen molar-refractivity contribution in [1.82, 2.24) is 5.16 Å². The van der Waals surface area contributed by atoms with Gasteiger partial charge in [-0.2, -0.15) is 0 Å². The number of hydrogen-bond donors (Lipinski definition) is 1. The molecule has 0 aliphatic rings. The van der Waals surface area contributed by atoms with E-state index in [9.17, 15) is 0 Å². The van der Waals surface area contributed by atoms with E-state index in [1.165, 1.54) is 12.8 Å². The highest BCUT2D eigenvalue weighted by Crippen LogP contribution is 2.30. The van der Waals surface area contributed by atoms with Crippen LogP contribution in [0.15, 0.2) is 4.52 Å². The predicted octanol–water partition coefficient (Wildman–Crippen LogP) is 3.25. The number of nitrogens with two attached hydrogens (primary N) is 1. The van der Waals surface area contributed by atoms with Gasteiger partial charge in [0.1, 0.15) is 5.76 Å². The highest BCUT2D eigenvalue weighted by Gasteiger charge is 2.18. The first-order valence-corrected chi connectivity index (χ1v) is 5.42. The van der Waals surface area contributed by atoms with Crippen molar-refractivity contribution in [3.8, 4) is 0 Å². The molecule has 1 aromatic rings. The van der Waals surface area contributed by atoms with Crippen LogP contribution in [0.3, 0.4) is 0 Å². The van der Waals surface area contributed by atoms with Crippen molar-refractivity contribution >= 4 is 5.82 Å². The molecule has 80 valence electrons. The molecule has 0 saturated heterocycles. The van der Waals surface area contributed by atoms with E-state index in [2.05, 4.69) is 19.0 Å². The summed E-state index contributed by atoms with van der Waals surface area (Å²) in [6, 6.07) is 0. The van der Waals surface area contributed by atoms with Crippen LogP contribution < -0.4 is 5.73 Å². The molecule has 0 aromatic carbocycles. The molecular formula is C11H20N2O. The van der Waals surface area contributed by atoms with Gasteiger partial charge in [0.05, 0.1) is 0 Å².